The largest absolute Gasteiger partial charge is 0.331 e. The Morgan fingerprint density at radius 1 is 1.20 bits per heavy atom. The first kappa shape index (κ1) is 17.8. The third-order valence-electron chi connectivity index (χ3n) is 4.11. The van der Waals surface area contributed by atoms with E-state index in [9.17, 15) is 4.79 Å². The Kier molecular flexibility index (Phi) is 5.30. The lowest BCUT2D eigenvalue weighted by molar-refractivity contribution is 0.249. The van der Waals surface area contributed by atoms with Gasteiger partial charge < -0.3 is 15.2 Å². The quantitative estimate of drug-likeness (QED) is 0.553. The van der Waals surface area contributed by atoms with Gasteiger partial charge in [0.15, 0.2) is 0 Å². The van der Waals surface area contributed by atoms with E-state index >= 15 is 0 Å². The van der Waals surface area contributed by atoms with E-state index in [4.69, 9.17) is 0 Å². The summed E-state index contributed by atoms with van der Waals surface area (Å²) in [5, 5.41) is 7.08. The van der Waals surface area contributed by atoms with Crippen LogP contribution in [0.4, 0.5) is 10.5 Å². The van der Waals surface area contributed by atoms with Crippen LogP contribution < -0.4 is 10.6 Å². The van der Waals surface area contributed by atoms with Crippen molar-refractivity contribution in [3.05, 3.63) is 69.3 Å². The van der Waals surface area contributed by atoms with E-state index in [1.165, 1.54) is 10.4 Å². The molecule has 1 atom stereocenters. The van der Waals surface area contributed by atoms with Gasteiger partial charge in [0, 0.05) is 33.0 Å². The summed E-state index contributed by atoms with van der Waals surface area (Å²) in [6, 6.07) is 11.2. The van der Waals surface area contributed by atoms with Crippen LogP contribution in [0.25, 0.3) is 5.00 Å². The minimum absolute atomic E-state index is 0.102. The number of thiophene rings is 1. The van der Waals surface area contributed by atoms with Crippen molar-refractivity contribution in [2.75, 3.05) is 5.32 Å². The van der Waals surface area contributed by atoms with Gasteiger partial charge in [-0.2, -0.15) is 0 Å². The Hall–Kier alpha value is -2.05. The maximum absolute atomic E-state index is 12.4. The number of hydrogen-bond acceptors (Lipinski definition) is 2. The van der Waals surface area contributed by atoms with Gasteiger partial charge in [-0.3, -0.25) is 0 Å². The number of nitrogens with one attached hydrogen (secondary N) is 2. The van der Waals surface area contributed by atoms with Crippen molar-refractivity contribution in [3.63, 3.8) is 0 Å². The summed E-state index contributed by atoms with van der Waals surface area (Å²) in [7, 11) is 0. The number of aryl methyl sites for hydroxylation is 1. The highest BCUT2D eigenvalue weighted by Gasteiger charge is 2.20. The van der Waals surface area contributed by atoms with Gasteiger partial charge in [0.2, 0.25) is 0 Å². The first-order valence-corrected chi connectivity index (χ1v) is 9.63. The van der Waals surface area contributed by atoms with Crippen molar-refractivity contribution in [1.82, 2.24) is 9.88 Å². The zero-order valence-electron chi connectivity index (χ0n) is 14.3. The molecule has 4 nitrogen and oxygen atoms in total. The first-order valence-electron chi connectivity index (χ1n) is 8.02. The Morgan fingerprint density at radius 3 is 2.60 bits per heavy atom. The number of amides is 2. The number of carbonyl (C=O) groups is 1. The van der Waals surface area contributed by atoms with E-state index in [0.717, 1.165) is 20.7 Å². The van der Waals surface area contributed by atoms with E-state index in [-0.39, 0.29) is 12.1 Å². The molecule has 25 heavy (non-hydrogen) atoms. The summed E-state index contributed by atoms with van der Waals surface area (Å²) >= 11 is 5.16. The lowest BCUT2D eigenvalue weighted by Gasteiger charge is -2.17. The molecule has 0 aliphatic rings. The molecule has 0 radical (unpaired) electrons. The molecule has 2 amide bonds. The number of urea groups is 1. The molecule has 0 saturated heterocycles. The zero-order chi connectivity index (χ0) is 18.0. The van der Waals surface area contributed by atoms with Crippen LogP contribution in [-0.2, 0) is 0 Å². The number of halogens is 1. The topological polar surface area (TPSA) is 46.1 Å². The van der Waals surface area contributed by atoms with Crippen LogP contribution in [0.1, 0.15) is 29.0 Å². The number of carbonyl (C=O) groups excluding carboxylic acids is 1. The van der Waals surface area contributed by atoms with E-state index in [1.54, 1.807) is 11.3 Å². The minimum atomic E-state index is -0.215. The molecule has 1 aromatic carbocycles. The zero-order valence-corrected chi connectivity index (χ0v) is 16.7. The van der Waals surface area contributed by atoms with Gasteiger partial charge in [0.25, 0.3) is 0 Å². The number of hydrogen-bond donors (Lipinski definition) is 2. The molecule has 0 saturated carbocycles. The highest BCUT2D eigenvalue weighted by molar-refractivity contribution is 9.10. The van der Waals surface area contributed by atoms with Crippen molar-refractivity contribution < 1.29 is 4.79 Å². The fraction of sp³-hybridized carbons (Fsp3) is 0.211. The van der Waals surface area contributed by atoms with Gasteiger partial charge >= 0.3 is 6.03 Å². The fourth-order valence-electron chi connectivity index (χ4n) is 2.80. The van der Waals surface area contributed by atoms with E-state index in [0.29, 0.717) is 0 Å². The van der Waals surface area contributed by atoms with E-state index in [2.05, 4.69) is 45.0 Å². The Morgan fingerprint density at radius 2 is 1.92 bits per heavy atom. The molecule has 130 valence electrons. The average molecular weight is 418 g/mol. The summed E-state index contributed by atoms with van der Waals surface area (Å²) < 4.78 is 3.03. The Balaban J connectivity index is 1.79. The third-order valence-corrected chi connectivity index (χ3v) is 5.84. The summed E-state index contributed by atoms with van der Waals surface area (Å²) in [6.07, 6.45) is 4.06. The smallest absolute Gasteiger partial charge is 0.319 e. The second-order valence-electron chi connectivity index (χ2n) is 5.92. The van der Waals surface area contributed by atoms with Crippen molar-refractivity contribution in [2.24, 2.45) is 0 Å². The van der Waals surface area contributed by atoms with Crippen LogP contribution in [0.5, 0.6) is 0 Å². The molecular formula is C19H20BrN3OS. The van der Waals surface area contributed by atoms with Gasteiger partial charge in [-0.1, -0.05) is 22.0 Å². The SMILES string of the molecule is Cc1sc(-n2cccc2)c([C@H](C)NC(=O)Nc2cccc(Br)c2)c1C. The molecule has 2 heterocycles. The van der Waals surface area contributed by atoms with Gasteiger partial charge in [0.05, 0.1) is 6.04 Å². The molecule has 0 fully saturated rings. The van der Waals surface area contributed by atoms with Crippen molar-refractivity contribution >= 4 is 39.0 Å². The second kappa shape index (κ2) is 7.45. The molecule has 2 aromatic heterocycles. The predicted molar refractivity (Wildman–Crippen MR) is 108 cm³/mol. The maximum Gasteiger partial charge on any atom is 0.319 e. The summed E-state index contributed by atoms with van der Waals surface area (Å²) in [5.41, 5.74) is 3.13. The maximum atomic E-state index is 12.4. The highest BCUT2D eigenvalue weighted by atomic mass is 79.9. The lowest BCUT2D eigenvalue weighted by Crippen LogP contribution is -2.31. The van der Waals surface area contributed by atoms with E-state index < -0.39 is 0 Å². The number of rotatable bonds is 4. The van der Waals surface area contributed by atoms with Crippen LogP contribution >= 0.6 is 27.3 Å². The average Bonchev–Trinajstić information content (AvgIpc) is 3.16. The molecule has 2 N–H and O–H groups in total. The number of aromatic nitrogens is 1. The molecule has 0 unspecified atom stereocenters. The molecular weight excluding hydrogens is 398 g/mol. The van der Waals surface area contributed by atoms with Crippen molar-refractivity contribution in [3.8, 4) is 5.00 Å². The van der Waals surface area contributed by atoms with Crippen LogP contribution in [0.2, 0.25) is 0 Å². The molecule has 0 aliphatic heterocycles. The molecule has 6 heteroatoms. The fourth-order valence-corrected chi connectivity index (χ4v) is 4.42. The summed E-state index contributed by atoms with van der Waals surface area (Å²) in [4.78, 5) is 13.6. The third kappa shape index (κ3) is 3.96. The molecule has 0 bridgehead atoms. The standard InChI is InChI=1S/C19H20BrN3OS/c1-12-14(3)25-18(23-9-4-5-10-23)17(12)13(2)21-19(24)22-16-8-6-7-15(20)11-16/h4-11,13H,1-3H3,(H2,21,22,24)/t13-/m0/s1. The van der Waals surface area contributed by atoms with Crippen LogP contribution in [0, 0.1) is 13.8 Å². The Bertz CT molecular complexity index is 886. The molecule has 0 aliphatic carbocycles. The van der Waals surface area contributed by atoms with Gasteiger partial charge in [0.1, 0.15) is 5.00 Å². The monoisotopic (exact) mass is 417 g/mol. The van der Waals surface area contributed by atoms with Crippen molar-refractivity contribution in [2.45, 2.75) is 26.8 Å². The van der Waals surface area contributed by atoms with Gasteiger partial charge in [-0.25, -0.2) is 4.79 Å². The van der Waals surface area contributed by atoms with Gasteiger partial charge in [-0.15, -0.1) is 11.3 Å². The normalized spacial score (nSPS) is 12.0. The number of anilines is 1. The highest BCUT2D eigenvalue weighted by Crippen LogP contribution is 2.35. The van der Waals surface area contributed by atoms with Crippen LogP contribution in [0.3, 0.4) is 0 Å². The number of benzene rings is 1. The molecule has 3 rings (SSSR count). The second-order valence-corrected chi connectivity index (χ2v) is 8.04. The molecule has 3 aromatic rings. The van der Waals surface area contributed by atoms with Gasteiger partial charge in [-0.05, 0) is 56.7 Å². The Labute approximate surface area is 160 Å². The van der Waals surface area contributed by atoms with Crippen molar-refractivity contribution in [1.29, 1.82) is 0 Å². The lowest BCUT2D eigenvalue weighted by atomic mass is 10.1. The predicted octanol–water partition coefficient (Wildman–Crippen LogP) is 5.80. The summed E-state index contributed by atoms with van der Waals surface area (Å²) in [5.74, 6) is 0. The summed E-state index contributed by atoms with van der Waals surface area (Å²) in [6.45, 7) is 6.24. The number of nitrogens with zero attached hydrogens (tertiary/aromatic N) is 1. The first-order chi connectivity index (χ1) is 12.0. The van der Waals surface area contributed by atoms with E-state index in [1.807, 2.05) is 55.7 Å². The van der Waals surface area contributed by atoms with Crippen LogP contribution in [0.15, 0.2) is 53.3 Å². The van der Waals surface area contributed by atoms with Crippen LogP contribution in [-0.4, -0.2) is 10.6 Å². The molecule has 0 spiro atoms. The minimum Gasteiger partial charge on any atom is -0.331 e.